The van der Waals surface area contributed by atoms with Crippen LogP contribution in [0.15, 0.2) is 30.3 Å². The van der Waals surface area contributed by atoms with Crippen LogP contribution >= 0.6 is 0 Å². The molecule has 1 aromatic carbocycles. The third-order valence-electron chi connectivity index (χ3n) is 8.51. The molecule has 174 valence electrons. The molecule has 3 aliphatic heterocycles. The van der Waals surface area contributed by atoms with Gasteiger partial charge >= 0.3 is 0 Å². The fourth-order valence-electron chi connectivity index (χ4n) is 7.84. The van der Waals surface area contributed by atoms with Gasteiger partial charge in [0.05, 0.1) is 12.1 Å². The van der Waals surface area contributed by atoms with E-state index >= 15 is 0 Å². The first-order valence-corrected chi connectivity index (χ1v) is 11.6. The highest BCUT2D eigenvalue weighted by Crippen LogP contribution is 2.70. The van der Waals surface area contributed by atoms with Crippen molar-refractivity contribution in [2.24, 2.45) is 16.2 Å². The van der Waals surface area contributed by atoms with Gasteiger partial charge in [0.15, 0.2) is 6.10 Å². The van der Waals surface area contributed by atoms with Gasteiger partial charge in [-0.15, -0.1) is 0 Å². The summed E-state index contributed by atoms with van der Waals surface area (Å²) >= 11 is 0. The number of ether oxygens (including phenoxy) is 2. The molecule has 0 spiro atoms. The van der Waals surface area contributed by atoms with Crippen LogP contribution in [0.3, 0.4) is 0 Å². The number of aliphatic hydroxyl groups is 1. The Hall–Kier alpha value is -1.96. The van der Waals surface area contributed by atoms with Gasteiger partial charge in [-0.25, -0.2) is 0 Å². The van der Waals surface area contributed by atoms with E-state index in [4.69, 9.17) is 9.47 Å². The summed E-state index contributed by atoms with van der Waals surface area (Å²) in [5.74, 6) is -1.57. The topological polar surface area (TPSA) is 79.3 Å². The Balaban J connectivity index is 1.74. The van der Waals surface area contributed by atoms with Gasteiger partial charge in [0.25, 0.3) is 11.8 Å². The molecule has 3 saturated heterocycles. The van der Waals surface area contributed by atoms with Gasteiger partial charge in [-0.1, -0.05) is 51.1 Å². The van der Waals surface area contributed by atoms with E-state index in [2.05, 4.69) is 13.8 Å². The number of carbonyl (C=O) groups excluding carboxylic acids is 2. The molecule has 4 aliphatic rings. The lowest BCUT2D eigenvalue weighted by Crippen LogP contribution is -2.81. The van der Waals surface area contributed by atoms with Crippen LogP contribution < -0.4 is 0 Å². The molecule has 1 N–H and O–H groups in total. The van der Waals surface area contributed by atoms with Crippen molar-refractivity contribution in [1.29, 1.82) is 0 Å². The Bertz CT molecular complexity index is 968. The van der Waals surface area contributed by atoms with E-state index in [1.165, 1.54) is 0 Å². The number of benzene rings is 1. The van der Waals surface area contributed by atoms with E-state index in [-0.39, 0.29) is 23.3 Å². The number of likely N-dealkylation sites (tertiary alicyclic amines) is 1. The van der Waals surface area contributed by atoms with E-state index in [9.17, 15) is 14.7 Å². The number of carbonyl (C=O) groups is 2. The number of hydrogen-bond donors (Lipinski definition) is 1. The molecular formula is C25H34N2O5. The molecule has 1 aromatic rings. The van der Waals surface area contributed by atoms with E-state index in [1.54, 1.807) is 18.9 Å². The van der Waals surface area contributed by atoms with E-state index < -0.39 is 35.1 Å². The Morgan fingerprint density at radius 3 is 2.34 bits per heavy atom. The molecule has 2 unspecified atom stereocenters. The molecule has 1 aliphatic carbocycles. The molecule has 32 heavy (non-hydrogen) atoms. The van der Waals surface area contributed by atoms with Crippen molar-refractivity contribution in [2.75, 3.05) is 7.11 Å². The summed E-state index contributed by atoms with van der Waals surface area (Å²) in [5.41, 5.74) is -0.484. The smallest absolute Gasteiger partial charge is 0.261 e. The summed E-state index contributed by atoms with van der Waals surface area (Å²) in [6, 6.07) is 9.70. The van der Waals surface area contributed by atoms with Gasteiger partial charge in [0.1, 0.15) is 6.17 Å². The molecule has 8 atom stereocenters. The average molecular weight is 443 g/mol. The third kappa shape index (κ3) is 2.47. The van der Waals surface area contributed by atoms with Crippen molar-refractivity contribution >= 4 is 11.8 Å². The van der Waals surface area contributed by atoms with Gasteiger partial charge in [-0.05, 0) is 38.7 Å². The molecule has 3 bridgehead atoms. The predicted octanol–water partition coefficient (Wildman–Crippen LogP) is 3.04. The predicted molar refractivity (Wildman–Crippen MR) is 117 cm³/mol. The van der Waals surface area contributed by atoms with E-state index in [1.807, 2.05) is 49.1 Å². The summed E-state index contributed by atoms with van der Waals surface area (Å²) < 4.78 is 12.4. The zero-order valence-electron chi connectivity index (χ0n) is 19.8. The molecule has 2 amide bonds. The standard InChI is InChI=1S/C25H34N2O5/c1-15(17-10-8-7-9-11-17)26-20-22(3)12-23(4,21(26)30)14-24(5,13-22)25(31-6)27(20)19(29)18(32-25)16(2)28/h7-11,15-16,18,20,28H,12-14H2,1-6H3/t15-,16+,18?,20-,22+,23-,24+,25?/m0/s1. The van der Waals surface area contributed by atoms with Crippen LogP contribution in [0.2, 0.25) is 0 Å². The van der Waals surface area contributed by atoms with Crippen LogP contribution in [0.25, 0.3) is 0 Å². The Morgan fingerprint density at radius 1 is 1.09 bits per heavy atom. The van der Waals surface area contributed by atoms with Crippen LogP contribution in [0, 0.1) is 16.2 Å². The maximum Gasteiger partial charge on any atom is 0.261 e. The lowest BCUT2D eigenvalue weighted by atomic mass is 9.47. The first-order valence-electron chi connectivity index (χ1n) is 11.6. The number of fused-ring (bicyclic) bond motifs is 5. The third-order valence-corrected chi connectivity index (χ3v) is 8.51. The fraction of sp³-hybridized carbons (Fsp3) is 0.680. The minimum absolute atomic E-state index is 0.0697. The summed E-state index contributed by atoms with van der Waals surface area (Å²) in [6.07, 6.45) is -0.521. The zero-order chi connectivity index (χ0) is 23.3. The first-order chi connectivity index (χ1) is 14.9. The number of rotatable bonds is 4. The molecule has 1 saturated carbocycles. The molecule has 5 rings (SSSR count). The molecular weight excluding hydrogens is 408 g/mol. The Labute approximate surface area is 189 Å². The maximum absolute atomic E-state index is 14.1. The van der Waals surface area contributed by atoms with Crippen molar-refractivity contribution in [1.82, 2.24) is 9.80 Å². The number of amides is 2. The van der Waals surface area contributed by atoms with Crippen LogP contribution in [-0.2, 0) is 19.1 Å². The second kappa shape index (κ2) is 6.55. The van der Waals surface area contributed by atoms with E-state index in [0.29, 0.717) is 12.8 Å². The number of hydrogen-bond acceptors (Lipinski definition) is 5. The molecule has 4 fully saturated rings. The van der Waals surface area contributed by atoms with Crippen molar-refractivity contribution in [3.63, 3.8) is 0 Å². The lowest BCUT2D eigenvalue weighted by Gasteiger charge is -2.71. The number of aliphatic hydroxyl groups excluding tert-OH is 1. The maximum atomic E-state index is 14.1. The average Bonchev–Trinajstić information content (AvgIpc) is 3.03. The van der Waals surface area contributed by atoms with Crippen molar-refractivity contribution in [2.45, 2.75) is 84.2 Å². The zero-order valence-corrected chi connectivity index (χ0v) is 19.8. The molecule has 3 heterocycles. The largest absolute Gasteiger partial charge is 0.390 e. The van der Waals surface area contributed by atoms with Crippen LogP contribution in [0.4, 0.5) is 0 Å². The van der Waals surface area contributed by atoms with Crippen molar-refractivity contribution in [3.8, 4) is 0 Å². The van der Waals surface area contributed by atoms with Crippen molar-refractivity contribution in [3.05, 3.63) is 35.9 Å². The van der Waals surface area contributed by atoms with Crippen molar-refractivity contribution < 1.29 is 24.2 Å². The molecule has 0 aromatic heterocycles. The van der Waals surface area contributed by atoms with E-state index in [0.717, 1.165) is 12.0 Å². The molecule has 0 radical (unpaired) electrons. The SMILES string of the molecule is COC12OC([C@@H](C)O)C(=O)N1[C@@H]1N([C@@H](C)c3ccccc3)C(=O)[C@@]3(C)C[C@]1(C)C[C@]2(C)C3. The highest BCUT2D eigenvalue weighted by atomic mass is 16.7. The van der Waals surface area contributed by atoms with Gasteiger partial charge in [-0.3, -0.25) is 14.5 Å². The summed E-state index contributed by atoms with van der Waals surface area (Å²) in [4.78, 5) is 31.4. The summed E-state index contributed by atoms with van der Waals surface area (Å²) in [5, 5.41) is 10.4. The van der Waals surface area contributed by atoms with Crippen LogP contribution in [0.1, 0.15) is 65.5 Å². The number of nitrogens with zero attached hydrogens (tertiary/aromatic N) is 2. The van der Waals surface area contributed by atoms with Gasteiger partial charge in [-0.2, -0.15) is 0 Å². The summed E-state index contributed by atoms with van der Waals surface area (Å²) in [7, 11) is 1.57. The monoisotopic (exact) mass is 442 g/mol. The van der Waals surface area contributed by atoms with Gasteiger partial charge < -0.3 is 19.5 Å². The van der Waals surface area contributed by atoms with Gasteiger partial charge in [0, 0.05) is 23.4 Å². The second-order valence-corrected chi connectivity index (χ2v) is 11.3. The normalized spacial score (nSPS) is 44.6. The second-order valence-electron chi connectivity index (χ2n) is 11.3. The molecule has 7 nitrogen and oxygen atoms in total. The minimum atomic E-state index is -1.33. The van der Waals surface area contributed by atoms with Crippen LogP contribution in [-0.4, -0.2) is 58.1 Å². The van der Waals surface area contributed by atoms with Gasteiger partial charge in [0.2, 0.25) is 5.91 Å². The lowest BCUT2D eigenvalue weighted by molar-refractivity contribution is -0.401. The number of piperidine rings is 2. The molecule has 7 heteroatoms. The summed E-state index contributed by atoms with van der Waals surface area (Å²) in [6.45, 7) is 9.89. The Morgan fingerprint density at radius 2 is 1.75 bits per heavy atom. The number of methoxy groups -OCH3 is 1. The highest BCUT2D eigenvalue weighted by Gasteiger charge is 2.79. The quantitative estimate of drug-likeness (QED) is 0.775. The highest BCUT2D eigenvalue weighted by molar-refractivity contribution is 5.89. The van der Waals surface area contributed by atoms with Crippen LogP contribution in [0.5, 0.6) is 0 Å². The Kier molecular flexibility index (Phi) is 4.48. The minimum Gasteiger partial charge on any atom is -0.390 e. The fourth-order valence-corrected chi connectivity index (χ4v) is 7.84. The first kappa shape index (κ1) is 21.9.